The SMILES string of the molecule is CNC(Cc1cc(F)ccc1F)C1(OC)CCCC(C)C1. The molecule has 0 amide bonds. The molecule has 0 aliphatic heterocycles. The van der Waals surface area contributed by atoms with E-state index in [2.05, 4.69) is 12.2 Å². The van der Waals surface area contributed by atoms with E-state index in [0.717, 1.165) is 25.3 Å². The van der Waals surface area contributed by atoms with Crippen LogP contribution in [0.1, 0.15) is 38.2 Å². The van der Waals surface area contributed by atoms with Gasteiger partial charge in [0, 0.05) is 13.2 Å². The number of ether oxygens (including phenoxy) is 1. The number of halogens is 2. The zero-order chi connectivity index (χ0) is 15.5. The Labute approximate surface area is 125 Å². The highest BCUT2D eigenvalue weighted by Gasteiger charge is 2.41. The van der Waals surface area contributed by atoms with Gasteiger partial charge in [0.2, 0.25) is 0 Å². The standard InChI is InChI=1S/C17H25F2NO/c1-12-5-4-8-17(11-12,21-3)16(20-2)10-13-9-14(18)6-7-15(13)19/h6-7,9,12,16,20H,4-5,8,10-11H2,1-3H3. The maximum Gasteiger partial charge on any atom is 0.126 e. The van der Waals surface area contributed by atoms with Crippen molar-refractivity contribution in [2.45, 2.75) is 50.7 Å². The van der Waals surface area contributed by atoms with Gasteiger partial charge in [0.15, 0.2) is 0 Å². The number of benzene rings is 1. The van der Waals surface area contributed by atoms with Crippen LogP contribution in [0.15, 0.2) is 18.2 Å². The van der Waals surface area contributed by atoms with Crippen LogP contribution >= 0.6 is 0 Å². The van der Waals surface area contributed by atoms with E-state index in [1.165, 1.54) is 18.6 Å². The summed E-state index contributed by atoms with van der Waals surface area (Å²) >= 11 is 0. The molecule has 1 saturated carbocycles. The molecule has 2 nitrogen and oxygen atoms in total. The van der Waals surface area contributed by atoms with Gasteiger partial charge < -0.3 is 10.1 Å². The lowest BCUT2D eigenvalue weighted by atomic mass is 9.73. The number of hydrogen-bond donors (Lipinski definition) is 1. The van der Waals surface area contributed by atoms with E-state index in [-0.39, 0.29) is 17.5 Å². The number of likely N-dealkylation sites (N-methyl/N-ethyl adjacent to an activating group) is 1. The second-order valence-corrected chi connectivity index (χ2v) is 6.25. The molecule has 1 aliphatic rings. The lowest BCUT2D eigenvalue weighted by Crippen LogP contribution is -2.54. The highest BCUT2D eigenvalue weighted by Crippen LogP contribution is 2.38. The van der Waals surface area contributed by atoms with Crippen molar-refractivity contribution >= 4 is 0 Å². The third kappa shape index (κ3) is 3.61. The summed E-state index contributed by atoms with van der Waals surface area (Å²) in [6.45, 7) is 2.22. The van der Waals surface area contributed by atoms with E-state index in [1.807, 2.05) is 7.05 Å². The zero-order valence-electron chi connectivity index (χ0n) is 13.1. The Balaban J connectivity index is 2.23. The lowest BCUT2D eigenvalue weighted by molar-refractivity contribution is -0.0776. The molecule has 1 N–H and O–H groups in total. The monoisotopic (exact) mass is 297 g/mol. The Morgan fingerprint density at radius 2 is 2.19 bits per heavy atom. The van der Waals surface area contributed by atoms with Gasteiger partial charge in [0.25, 0.3) is 0 Å². The fourth-order valence-corrected chi connectivity index (χ4v) is 3.66. The molecule has 0 heterocycles. The van der Waals surface area contributed by atoms with Crippen molar-refractivity contribution in [1.29, 1.82) is 0 Å². The minimum absolute atomic E-state index is 0.0263. The maximum atomic E-state index is 13.9. The molecule has 0 radical (unpaired) electrons. The van der Waals surface area contributed by atoms with Crippen LogP contribution in [0.4, 0.5) is 8.78 Å². The number of methoxy groups -OCH3 is 1. The highest BCUT2D eigenvalue weighted by atomic mass is 19.1. The molecule has 3 atom stereocenters. The van der Waals surface area contributed by atoms with Gasteiger partial charge in [-0.15, -0.1) is 0 Å². The molecule has 2 rings (SSSR count). The van der Waals surface area contributed by atoms with Crippen LogP contribution in [0.2, 0.25) is 0 Å². The lowest BCUT2D eigenvalue weighted by Gasteiger charge is -2.44. The second-order valence-electron chi connectivity index (χ2n) is 6.25. The molecule has 4 heteroatoms. The molecule has 0 saturated heterocycles. The third-order valence-corrected chi connectivity index (χ3v) is 4.81. The number of hydrogen-bond acceptors (Lipinski definition) is 2. The van der Waals surface area contributed by atoms with Crippen molar-refractivity contribution in [3.05, 3.63) is 35.4 Å². The Kier molecular flexibility index (Phi) is 5.33. The molecule has 21 heavy (non-hydrogen) atoms. The molecule has 1 fully saturated rings. The first-order chi connectivity index (χ1) is 10.0. The second kappa shape index (κ2) is 6.84. The summed E-state index contributed by atoms with van der Waals surface area (Å²) in [7, 11) is 3.59. The quantitative estimate of drug-likeness (QED) is 0.895. The summed E-state index contributed by atoms with van der Waals surface area (Å²) in [4.78, 5) is 0. The van der Waals surface area contributed by atoms with Gasteiger partial charge in [-0.1, -0.05) is 19.8 Å². The minimum Gasteiger partial charge on any atom is -0.377 e. The van der Waals surface area contributed by atoms with Crippen molar-refractivity contribution in [3.63, 3.8) is 0 Å². The molecule has 0 bridgehead atoms. The fourth-order valence-electron chi connectivity index (χ4n) is 3.66. The third-order valence-electron chi connectivity index (χ3n) is 4.81. The molecular formula is C17H25F2NO. The van der Waals surface area contributed by atoms with Crippen molar-refractivity contribution in [2.24, 2.45) is 5.92 Å². The molecule has 118 valence electrons. The van der Waals surface area contributed by atoms with Crippen LogP contribution in [0.3, 0.4) is 0 Å². The molecule has 0 spiro atoms. The molecule has 0 aromatic heterocycles. The number of nitrogens with one attached hydrogen (secondary N) is 1. The topological polar surface area (TPSA) is 21.3 Å². The molecule has 1 aliphatic carbocycles. The van der Waals surface area contributed by atoms with E-state index >= 15 is 0 Å². The van der Waals surface area contributed by atoms with E-state index in [9.17, 15) is 8.78 Å². The largest absolute Gasteiger partial charge is 0.377 e. The van der Waals surface area contributed by atoms with Crippen LogP contribution in [0.25, 0.3) is 0 Å². The Morgan fingerprint density at radius 3 is 2.81 bits per heavy atom. The zero-order valence-corrected chi connectivity index (χ0v) is 13.1. The van der Waals surface area contributed by atoms with Gasteiger partial charge in [-0.3, -0.25) is 0 Å². The maximum absolute atomic E-state index is 13.9. The smallest absolute Gasteiger partial charge is 0.126 e. The number of rotatable bonds is 5. The normalized spacial score (nSPS) is 27.6. The minimum atomic E-state index is -0.398. The van der Waals surface area contributed by atoms with E-state index in [1.54, 1.807) is 7.11 Å². The van der Waals surface area contributed by atoms with Crippen molar-refractivity contribution in [3.8, 4) is 0 Å². The highest BCUT2D eigenvalue weighted by molar-refractivity contribution is 5.21. The molecular weight excluding hydrogens is 272 g/mol. The molecule has 1 aromatic rings. The van der Waals surface area contributed by atoms with Crippen LogP contribution in [0.5, 0.6) is 0 Å². The van der Waals surface area contributed by atoms with Gasteiger partial charge in [0.1, 0.15) is 11.6 Å². The first-order valence-electron chi connectivity index (χ1n) is 7.67. The van der Waals surface area contributed by atoms with Gasteiger partial charge in [-0.2, -0.15) is 0 Å². The average Bonchev–Trinajstić information content (AvgIpc) is 2.48. The predicted octanol–water partition coefficient (Wildman–Crippen LogP) is 3.69. The summed E-state index contributed by atoms with van der Waals surface area (Å²) in [5.41, 5.74) is 0.106. The van der Waals surface area contributed by atoms with Crippen LogP contribution in [0, 0.1) is 17.6 Å². The van der Waals surface area contributed by atoms with Gasteiger partial charge >= 0.3 is 0 Å². The van der Waals surface area contributed by atoms with Crippen molar-refractivity contribution in [1.82, 2.24) is 5.32 Å². The summed E-state index contributed by atoms with van der Waals surface area (Å²) in [5, 5.41) is 3.27. The van der Waals surface area contributed by atoms with Crippen LogP contribution in [-0.4, -0.2) is 25.8 Å². The van der Waals surface area contributed by atoms with E-state index in [0.29, 0.717) is 17.9 Å². The van der Waals surface area contributed by atoms with Gasteiger partial charge in [-0.25, -0.2) is 8.78 Å². The van der Waals surface area contributed by atoms with Gasteiger partial charge in [-0.05, 0) is 56.0 Å². The van der Waals surface area contributed by atoms with Crippen LogP contribution < -0.4 is 5.32 Å². The Morgan fingerprint density at radius 1 is 1.43 bits per heavy atom. The summed E-state index contributed by atoms with van der Waals surface area (Å²) in [6, 6.07) is 3.61. The predicted molar refractivity (Wildman–Crippen MR) is 80.3 cm³/mol. The first kappa shape index (κ1) is 16.4. The van der Waals surface area contributed by atoms with Crippen LogP contribution in [-0.2, 0) is 11.2 Å². The Hall–Kier alpha value is -1.00. The summed E-state index contributed by atoms with van der Waals surface area (Å²) in [6.07, 6.45) is 4.65. The first-order valence-corrected chi connectivity index (χ1v) is 7.67. The molecule has 1 aromatic carbocycles. The van der Waals surface area contributed by atoms with Gasteiger partial charge in [0.05, 0.1) is 5.60 Å². The summed E-state index contributed by atoms with van der Waals surface area (Å²) < 4.78 is 33.1. The molecule has 3 unspecified atom stereocenters. The average molecular weight is 297 g/mol. The van der Waals surface area contributed by atoms with E-state index in [4.69, 9.17) is 4.74 Å². The van der Waals surface area contributed by atoms with Crippen molar-refractivity contribution < 1.29 is 13.5 Å². The summed E-state index contributed by atoms with van der Waals surface area (Å²) in [5.74, 6) is -0.164. The van der Waals surface area contributed by atoms with E-state index < -0.39 is 5.82 Å². The fraction of sp³-hybridized carbons (Fsp3) is 0.647. The van der Waals surface area contributed by atoms with Crippen molar-refractivity contribution in [2.75, 3.05) is 14.2 Å². The Bertz CT molecular complexity index is 480.